The van der Waals surface area contributed by atoms with Crippen LogP contribution in [0, 0.1) is 0 Å². The topological polar surface area (TPSA) is 69.6 Å². The van der Waals surface area contributed by atoms with Crippen molar-refractivity contribution in [3.63, 3.8) is 0 Å². The van der Waals surface area contributed by atoms with Gasteiger partial charge in [-0.2, -0.15) is 0 Å². The van der Waals surface area contributed by atoms with Crippen molar-refractivity contribution in [1.29, 1.82) is 0 Å². The lowest BCUT2D eigenvalue weighted by Crippen LogP contribution is -2.26. The van der Waals surface area contributed by atoms with Gasteiger partial charge in [0.05, 0.1) is 5.33 Å². The molecule has 3 N–H and O–H groups in total. The van der Waals surface area contributed by atoms with Crippen molar-refractivity contribution in [2.75, 3.05) is 11.9 Å². The van der Waals surface area contributed by atoms with Gasteiger partial charge in [0, 0.05) is 6.54 Å². The summed E-state index contributed by atoms with van der Waals surface area (Å²) in [5, 5.41) is 21.2. The van der Waals surface area contributed by atoms with Crippen molar-refractivity contribution in [2.24, 2.45) is 0 Å². The Morgan fingerprint density at radius 3 is 2.67 bits per heavy atom. The summed E-state index contributed by atoms with van der Waals surface area (Å²) < 4.78 is 0. The van der Waals surface area contributed by atoms with E-state index in [-0.39, 0.29) is 22.7 Å². The third-order valence-electron chi connectivity index (χ3n) is 1.90. The van der Waals surface area contributed by atoms with Gasteiger partial charge in [0.1, 0.15) is 0 Å². The van der Waals surface area contributed by atoms with Gasteiger partial charge < -0.3 is 15.5 Å². The van der Waals surface area contributed by atoms with Crippen LogP contribution in [0.2, 0.25) is 0 Å². The van der Waals surface area contributed by atoms with E-state index in [0.29, 0.717) is 13.0 Å². The number of benzene rings is 1. The molecule has 15 heavy (non-hydrogen) atoms. The van der Waals surface area contributed by atoms with E-state index >= 15 is 0 Å². The summed E-state index contributed by atoms with van der Waals surface area (Å²) in [5.74, 6) is -0.347. The lowest BCUT2D eigenvalue weighted by molar-refractivity contribution is -0.118. The normalized spacial score (nSPS) is 9.93. The van der Waals surface area contributed by atoms with Gasteiger partial charge in [-0.05, 0) is 24.1 Å². The van der Waals surface area contributed by atoms with Gasteiger partial charge in [-0.1, -0.05) is 22.0 Å². The molecule has 0 aromatic heterocycles. The van der Waals surface area contributed by atoms with Gasteiger partial charge in [-0.25, -0.2) is 0 Å². The average molecular weight is 274 g/mol. The van der Waals surface area contributed by atoms with Gasteiger partial charge in [0.15, 0.2) is 11.5 Å². The number of aromatic hydroxyl groups is 2. The van der Waals surface area contributed by atoms with Crippen molar-refractivity contribution in [3.8, 4) is 11.5 Å². The molecule has 0 saturated carbocycles. The summed E-state index contributed by atoms with van der Waals surface area (Å²) in [6.45, 7) is 0.509. The number of alkyl halides is 1. The molecular weight excluding hydrogens is 262 g/mol. The fourth-order valence-electron chi connectivity index (χ4n) is 1.12. The first-order valence-electron chi connectivity index (χ1n) is 4.47. The predicted molar refractivity (Wildman–Crippen MR) is 60.3 cm³/mol. The zero-order valence-corrected chi connectivity index (χ0v) is 9.62. The molecule has 1 aromatic carbocycles. The van der Waals surface area contributed by atoms with Crippen LogP contribution in [-0.4, -0.2) is 28.0 Å². The minimum Gasteiger partial charge on any atom is -0.504 e. The van der Waals surface area contributed by atoms with E-state index < -0.39 is 0 Å². The largest absolute Gasteiger partial charge is 0.504 e. The Bertz CT molecular complexity index is 355. The summed E-state index contributed by atoms with van der Waals surface area (Å²) in [5.41, 5.74) is 0.861. The summed E-state index contributed by atoms with van der Waals surface area (Å²) >= 11 is 3.04. The van der Waals surface area contributed by atoms with E-state index in [4.69, 9.17) is 5.11 Å². The Balaban J connectivity index is 2.44. The maximum atomic E-state index is 10.9. The van der Waals surface area contributed by atoms with Crippen molar-refractivity contribution in [1.82, 2.24) is 5.32 Å². The summed E-state index contributed by atoms with van der Waals surface area (Å²) in [4.78, 5) is 10.9. The molecule has 82 valence electrons. The number of carbonyl (C=O) groups is 1. The first kappa shape index (κ1) is 11.8. The molecular formula is C10H12BrNO3. The van der Waals surface area contributed by atoms with Crippen LogP contribution in [0.4, 0.5) is 0 Å². The molecule has 1 amide bonds. The van der Waals surface area contributed by atoms with Crippen molar-refractivity contribution in [2.45, 2.75) is 6.42 Å². The van der Waals surface area contributed by atoms with Gasteiger partial charge in [0.2, 0.25) is 5.91 Å². The van der Waals surface area contributed by atoms with E-state index in [1.54, 1.807) is 6.07 Å². The van der Waals surface area contributed by atoms with Crippen molar-refractivity contribution >= 4 is 21.8 Å². The minimum atomic E-state index is -0.140. The molecule has 0 aliphatic heterocycles. The Morgan fingerprint density at radius 1 is 1.33 bits per heavy atom. The molecule has 0 fully saturated rings. The number of amides is 1. The van der Waals surface area contributed by atoms with Crippen molar-refractivity contribution < 1.29 is 15.0 Å². The highest BCUT2D eigenvalue weighted by atomic mass is 79.9. The second-order valence-electron chi connectivity index (χ2n) is 3.06. The highest BCUT2D eigenvalue weighted by Gasteiger charge is 2.01. The number of phenols is 2. The lowest BCUT2D eigenvalue weighted by atomic mass is 10.1. The molecule has 1 rings (SSSR count). The van der Waals surface area contributed by atoms with E-state index in [2.05, 4.69) is 21.2 Å². The highest BCUT2D eigenvalue weighted by Crippen LogP contribution is 2.24. The number of nitrogens with one attached hydrogen (secondary N) is 1. The zero-order chi connectivity index (χ0) is 11.3. The Hall–Kier alpha value is -1.23. The van der Waals surface area contributed by atoms with Crippen LogP contribution in [0.25, 0.3) is 0 Å². The smallest absolute Gasteiger partial charge is 0.230 e. The molecule has 0 aliphatic rings. The highest BCUT2D eigenvalue weighted by molar-refractivity contribution is 9.09. The number of halogens is 1. The maximum Gasteiger partial charge on any atom is 0.230 e. The van der Waals surface area contributed by atoms with Gasteiger partial charge in [-0.15, -0.1) is 0 Å². The fourth-order valence-corrected chi connectivity index (χ4v) is 1.32. The third-order valence-corrected chi connectivity index (χ3v) is 2.41. The molecule has 5 heteroatoms. The molecule has 1 aromatic rings. The monoisotopic (exact) mass is 273 g/mol. The summed E-state index contributed by atoms with van der Waals surface area (Å²) in [7, 11) is 0. The Kier molecular flexibility index (Phi) is 4.42. The second kappa shape index (κ2) is 5.60. The third kappa shape index (κ3) is 3.79. The molecule has 0 heterocycles. The zero-order valence-electron chi connectivity index (χ0n) is 8.03. The van der Waals surface area contributed by atoms with E-state index in [9.17, 15) is 9.90 Å². The minimum absolute atomic E-state index is 0.0713. The molecule has 4 nitrogen and oxygen atoms in total. The van der Waals surface area contributed by atoms with Crippen LogP contribution in [-0.2, 0) is 11.2 Å². The summed E-state index contributed by atoms with van der Waals surface area (Å²) in [6.07, 6.45) is 0.618. The average Bonchev–Trinajstić information content (AvgIpc) is 2.23. The molecule has 0 spiro atoms. The number of hydrogen-bond acceptors (Lipinski definition) is 3. The lowest BCUT2D eigenvalue weighted by Gasteiger charge is -2.04. The number of hydrogen-bond donors (Lipinski definition) is 3. The molecule has 0 unspecified atom stereocenters. The summed E-state index contributed by atoms with van der Waals surface area (Å²) in [6, 6.07) is 4.61. The number of phenolic OH excluding ortho intramolecular Hbond substituents is 2. The first-order chi connectivity index (χ1) is 7.13. The van der Waals surface area contributed by atoms with Crippen LogP contribution in [0.1, 0.15) is 5.56 Å². The predicted octanol–water partition coefficient (Wildman–Crippen LogP) is 1.15. The van der Waals surface area contributed by atoms with Gasteiger partial charge in [0.25, 0.3) is 0 Å². The fraction of sp³-hybridized carbons (Fsp3) is 0.300. The standard InChI is InChI=1S/C10H12BrNO3/c11-6-10(15)12-4-3-7-1-2-8(13)9(14)5-7/h1-2,5,13-14H,3-4,6H2,(H,12,15). The van der Waals surface area contributed by atoms with E-state index in [1.807, 2.05) is 0 Å². The molecule has 0 atom stereocenters. The van der Waals surface area contributed by atoms with Gasteiger partial charge >= 0.3 is 0 Å². The van der Waals surface area contributed by atoms with Crippen LogP contribution in [0.3, 0.4) is 0 Å². The first-order valence-corrected chi connectivity index (χ1v) is 5.59. The number of carbonyl (C=O) groups excluding carboxylic acids is 1. The SMILES string of the molecule is O=C(CBr)NCCc1ccc(O)c(O)c1. The quantitative estimate of drug-likeness (QED) is 0.570. The second-order valence-corrected chi connectivity index (χ2v) is 3.62. The molecule has 0 radical (unpaired) electrons. The van der Waals surface area contributed by atoms with Crippen LogP contribution >= 0.6 is 15.9 Å². The van der Waals surface area contributed by atoms with Crippen LogP contribution in [0.5, 0.6) is 11.5 Å². The maximum absolute atomic E-state index is 10.9. The van der Waals surface area contributed by atoms with Gasteiger partial charge in [-0.3, -0.25) is 4.79 Å². The molecule has 0 saturated heterocycles. The Morgan fingerprint density at radius 2 is 2.07 bits per heavy atom. The Labute approximate surface area is 96.1 Å². The molecule has 0 bridgehead atoms. The van der Waals surface area contributed by atoms with Crippen molar-refractivity contribution in [3.05, 3.63) is 23.8 Å². The van der Waals surface area contributed by atoms with Crippen LogP contribution < -0.4 is 5.32 Å². The van der Waals surface area contributed by atoms with E-state index in [1.165, 1.54) is 12.1 Å². The number of rotatable bonds is 4. The molecule has 0 aliphatic carbocycles. The van der Waals surface area contributed by atoms with Crippen LogP contribution in [0.15, 0.2) is 18.2 Å². The van der Waals surface area contributed by atoms with E-state index in [0.717, 1.165) is 5.56 Å².